The number of pyridine rings is 1. The summed E-state index contributed by atoms with van der Waals surface area (Å²) in [6.07, 6.45) is -8.20. The summed E-state index contributed by atoms with van der Waals surface area (Å²) in [6, 6.07) is 5.67. The predicted molar refractivity (Wildman–Crippen MR) is 81.3 cm³/mol. The van der Waals surface area contributed by atoms with Gasteiger partial charge in [-0.25, -0.2) is 18.1 Å². The Hall–Kier alpha value is -2.34. The molecule has 1 aromatic heterocycles. The summed E-state index contributed by atoms with van der Waals surface area (Å²) in [5.41, 5.74) is -1.17. The van der Waals surface area contributed by atoms with Crippen molar-refractivity contribution in [2.45, 2.75) is 23.8 Å². The van der Waals surface area contributed by atoms with Crippen molar-refractivity contribution in [1.82, 2.24) is 9.71 Å². The summed E-state index contributed by atoms with van der Waals surface area (Å²) in [6.45, 7) is -2.16. The lowest BCUT2D eigenvalue weighted by Crippen LogP contribution is -2.25. The van der Waals surface area contributed by atoms with E-state index >= 15 is 0 Å². The average Bonchev–Trinajstić information content (AvgIpc) is 2.57. The van der Waals surface area contributed by atoms with Crippen molar-refractivity contribution in [2.75, 3.05) is 6.61 Å². The molecule has 0 saturated carbocycles. The highest BCUT2D eigenvalue weighted by molar-refractivity contribution is 7.89. The number of halogens is 6. The van der Waals surface area contributed by atoms with Crippen LogP contribution in [0.15, 0.2) is 47.5 Å². The Bertz CT molecular complexity index is 897. The fraction of sp³-hybridized carbons (Fsp3) is 0.267. The van der Waals surface area contributed by atoms with Crippen molar-refractivity contribution in [2.24, 2.45) is 0 Å². The summed E-state index contributed by atoms with van der Waals surface area (Å²) in [5.74, 6) is -0.443. The minimum Gasteiger partial charge on any atom is -0.468 e. The minimum absolute atomic E-state index is 0.0164. The van der Waals surface area contributed by atoms with Gasteiger partial charge in [-0.1, -0.05) is 12.1 Å². The highest BCUT2D eigenvalue weighted by atomic mass is 32.2. The number of aromatic nitrogens is 1. The van der Waals surface area contributed by atoms with E-state index in [0.29, 0.717) is 12.1 Å². The lowest BCUT2D eigenvalue weighted by molar-refractivity contribution is -0.154. The summed E-state index contributed by atoms with van der Waals surface area (Å²) < 4.78 is 106. The molecule has 5 nitrogen and oxygen atoms in total. The number of ether oxygens (including phenoxy) is 1. The highest BCUT2D eigenvalue weighted by Crippen LogP contribution is 2.30. The largest absolute Gasteiger partial charge is 0.468 e. The predicted octanol–water partition coefficient (Wildman–Crippen LogP) is 3.52. The monoisotopic (exact) mass is 414 g/mol. The molecule has 0 fully saturated rings. The number of alkyl halides is 6. The van der Waals surface area contributed by atoms with Crippen molar-refractivity contribution in [3.05, 3.63) is 53.7 Å². The third kappa shape index (κ3) is 6.10. The zero-order valence-electron chi connectivity index (χ0n) is 13.3. The van der Waals surface area contributed by atoms with Crippen LogP contribution < -0.4 is 9.46 Å². The first-order valence-corrected chi connectivity index (χ1v) is 8.67. The number of rotatable bonds is 6. The van der Waals surface area contributed by atoms with Crippen LogP contribution in [0.5, 0.6) is 5.88 Å². The number of hydrogen-bond donors (Lipinski definition) is 1. The maximum absolute atomic E-state index is 12.7. The summed E-state index contributed by atoms with van der Waals surface area (Å²) in [4.78, 5) is 2.96. The Kier molecular flexibility index (Phi) is 6.00. The van der Waals surface area contributed by atoms with Crippen LogP contribution in [-0.4, -0.2) is 26.2 Å². The molecule has 1 aromatic carbocycles. The molecule has 2 aromatic rings. The molecule has 0 aliphatic rings. The molecule has 0 saturated heterocycles. The molecular weight excluding hydrogens is 402 g/mol. The fourth-order valence-electron chi connectivity index (χ4n) is 1.93. The van der Waals surface area contributed by atoms with Gasteiger partial charge in [-0.2, -0.15) is 26.3 Å². The maximum atomic E-state index is 12.7. The van der Waals surface area contributed by atoms with Crippen LogP contribution in [0.4, 0.5) is 26.3 Å². The molecule has 0 radical (unpaired) electrons. The van der Waals surface area contributed by atoms with Gasteiger partial charge in [-0.3, -0.25) is 0 Å². The van der Waals surface area contributed by atoms with Crippen LogP contribution in [0.1, 0.15) is 11.1 Å². The Labute approximate surface area is 150 Å². The van der Waals surface area contributed by atoms with E-state index in [9.17, 15) is 34.8 Å². The van der Waals surface area contributed by atoms with Crippen molar-refractivity contribution in [3.8, 4) is 5.88 Å². The standard InChI is InChI=1S/C15H12F6N2O3S/c16-14(17,18)9-26-13-10(3-2-6-22-13)8-23-27(24,25)12-5-1-4-11(7-12)15(19,20)21/h1-7,23H,8-9H2. The van der Waals surface area contributed by atoms with E-state index in [4.69, 9.17) is 0 Å². The van der Waals surface area contributed by atoms with Gasteiger partial charge in [0.1, 0.15) is 0 Å². The summed E-state index contributed by atoms with van der Waals surface area (Å²) in [7, 11) is -4.36. The number of nitrogens with zero attached hydrogens (tertiary/aromatic N) is 1. The van der Waals surface area contributed by atoms with Gasteiger partial charge in [0, 0.05) is 18.3 Å². The zero-order chi connectivity index (χ0) is 20.3. The van der Waals surface area contributed by atoms with E-state index in [2.05, 4.69) is 9.72 Å². The summed E-state index contributed by atoms with van der Waals surface area (Å²) in [5, 5.41) is 0. The average molecular weight is 414 g/mol. The molecule has 0 bridgehead atoms. The van der Waals surface area contributed by atoms with Crippen LogP contribution in [0.3, 0.4) is 0 Å². The van der Waals surface area contributed by atoms with Gasteiger partial charge in [0.15, 0.2) is 6.61 Å². The second-order valence-electron chi connectivity index (χ2n) is 5.22. The van der Waals surface area contributed by atoms with Crippen LogP contribution in [0.2, 0.25) is 0 Å². The lowest BCUT2D eigenvalue weighted by Gasteiger charge is -2.13. The van der Waals surface area contributed by atoms with Gasteiger partial charge < -0.3 is 4.74 Å². The van der Waals surface area contributed by atoms with E-state index in [0.717, 1.165) is 18.3 Å². The van der Waals surface area contributed by atoms with E-state index in [1.807, 2.05) is 4.72 Å². The molecule has 0 aliphatic heterocycles. The molecule has 0 aliphatic carbocycles. The smallest absolute Gasteiger partial charge is 0.422 e. The van der Waals surface area contributed by atoms with Gasteiger partial charge in [-0.15, -0.1) is 0 Å². The molecule has 1 heterocycles. The Morgan fingerprint density at radius 3 is 2.37 bits per heavy atom. The van der Waals surface area contributed by atoms with Gasteiger partial charge in [0.05, 0.1) is 10.5 Å². The fourth-order valence-corrected chi connectivity index (χ4v) is 2.99. The molecule has 1 N–H and O–H groups in total. The quantitative estimate of drug-likeness (QED) is 0.735. The Morgan fingerprint density at radius 1 is 1.04 bits per heavy atom. The number of sulfonamides is 1. The normalized spacial score (nSPS) is 12.8. The third-order valence-electron chi connectivity index (χ3n) is 3.15. The van der Waals surface area contributed by atoms with Crippen LogP contribution >= 0.6 is 0 Å². The molecule has 2 rings (SSSR count). The zero-order valence-corrected chi connectivity index (χ0v) is 14.1. The molecule has 0 amide bonds. The first-order chi connectivity index (χ1) is 12.4. The van der Waals surface area contributed by atoms with Gasteiger partial charge in [0.2, 0.25) is 15.9 Å². The van der Waals surface area contributed by atoms with Gasteiger partial charge in [0.25, 0.3) is 0 Å². The molecule has 12 heteroatoms. The molecule has 27 heavy (non-hydrogen) atoms. The lowest BCUT2D eigenvalue weighted by atomic mass is 10.2. The topological polar surface area (TPSA) is 68.3 Å². The Morgan fingerprint density at radius 2 is 1.74 bits per heavy atom. The number of benzene rings is 1. The summed E-state index contributed by atoms with van der Waals surface area (Å²) >= 11 is 0. The van der Waals surface area contributed by atoms with Crippen molar-refractivity contribution in [1.29, 1.82) is 0 Å². The second-order valence-corrected chi connectivity index (χ2v) is 6.99. The minimum atomic E-state index is -4.73. The molecule has 148 valence electrons. The van der Waals surface area contributed by atoms with E-state index < -0.39 is 51.9 Å². The maximum Gasteiger partial charge on any atom is 0.422 e. The van der Waals surface area contributed by atoms with Crippen molar-refractivity contribution < 1.29 is 39.5 Å². The molecular formula is C15H12F6N2O3S. The van der Waals surface area contributed by atoms with Crippen LogP contribution in [0.25, 0.3) is 0 Å². The second kappa shape index (κ2) is 7.72. The van der Waals surface area contributed by atoms with Crippen molar-refractivity contribution >= 4 is 10.0 Å². The first kappa shape index (κ1) is 21.0. The van der Waals surface area contributed by atoms with Crippen LogP contribution in [-0.2, 0) is 22.7 Å². The highest BCUT2D eigenvalue weighted by Gasteiger charge is 2.32. The molecule has 0 atom stereocenters. The number of hydrogen-bond acceptors (Lipinski definition) is 4. The third-order valence-corrected chi connectivity index (χ3v) is 4.55. The van der Waals surface area contributed by atoms with Crippen molar-refractivity contribution in [3.63, 3.8) is 0 Å². The van der Waals surface area contributed by atoms with E-state index in [1.165, 1.54) is 12.1 Å². The Balaban J connectivity index is 2.17. The SMILES string of the molecule is O=S(=O)(NCc1cccnc1OCC(F)(F)F)c1cccc(C(F)(F)F)c1. The first-order valence-electron chi connectivity index (χ1n) is 7.19. The molecule has 0 unspecified atom stereocenters. The van der Waals surface area contributed by atoms with Gasteiger partial charge >= 0.3 is 12.4 Å². The van der Waals surface area contributed by atoms with Crippen LogP contribution in [0, 0.1) is 0 Å². The van der Waals surface area contributed by atoms with Gasteiger partial charge in [-0.05, 0) is 24.3 Å². The number of nitrogens with one attached hydrogen (secondary N) is 1. The van der Waals surface area contributed by atoms with E-state index in [1.54, 1.807) is 0 Å². The van der Waals surface area contributed by atoms with E-state index in [-0.39, 0.29) is 5.56 Å². The molecule has 0 spiro atoms.